The van der Waals surface area contributed by atoms with Crippen molar-refractivity contribution < 1.29 is 14.3 Å². The number of carbonyl (C=O) groups excluding carboxylic acids is 2. The van der Waals surface area contributed by atoms with Crippen molar-refractivity contribution in [3.63, 3.8) is 0 Å². The maximum Gasteiger partial charge on any atom is 0.338 e. The number of rotatable bonds is 4. The third kappa shape index (κ3) is 3.90. The molecular weight excluding hydrogens is 327 g/mol. The van der Waals surface area contributed by atoms with Gasteiger partial charge in [-0.15, -0.1) is 0 Å². The molecule has 2 rings (SSSR count). The number of nitrogens with zero attached hydrogens (tertiary/aromatic N) is 1. The van der Waals surface area contributed by atoms with Gasteiger partial charge in [-0.1, -0.05) is 23.2 Å². The molecule has 1 aliphatic rings. The Bertz CT molecular complexity index is 634. The van der Waals surface area contributed by atoms with Crippen molar-refractivity contribution in [2.45, 2.75) is 31.2 Å². The number of halogens is 2. The van der Waals surface area contributed by atoms with Gasteiger partial charge in [0, 0.05) is 0 Å². The summed E-state index contributed by atoms with van der Waals surface area (Å²) < 4.78 is 4.92. The smallest absolute Gasteiger partial charge is 0.338 e. The van der Waals surface area contributed by atoms with E-state index in [2.05, 4.69) is 11.4 Å². The number of hydrogen-bond acceptors (Lipinski definition) is 4. The van der Waals surface area contributed by atoms with Gasteiger partial charge in [-0.05, 0) is 43.9 Å². The zero-order valence-corrected chi connectivity index (χ0v) is 13.2. The Morgan fingerprint density at radius 2 is 1.95 bits per heavy atom. The number of esters is 1. The number of amides is 1. The normalized spacial score (nSPS) is 15.9. The van der Waals surface area contributed by atoms with Crippen molar-refractivity contribution in [3.8, 4) is 6.07 Å². The van der Waals surface area contributed by atoms with E-state index in [4.69, 9.17) is 27.9 Å². The number of nitriles is 1. The van der Waals surface area contributed by atoms with Crippen LogP contribution >= 0.6 is 23.2 Å². The maximum atomic E-state index is 11.8. The van der Waals surface area contributed by atoms with Gasteiger partial charge in [0.2, 0.25) is 0 Å². The Morgan fingerprint density at radius 3 is 2.55 bits per heavy atom. The molecule has 1 aromatic carbocycles. The zero-order valence-electron chi connectivity index (χ0n) is 11.7. The molecule has 0 unspecified atom stereocenters. The van der Waals surface area contributed by atoms with Crippen LogP contribution in [0.5, 0.6) is 0 Å². The van der Waals surface area contributed by atoms with Crippen LogP contribution in [-0.4, -0.2) is 24.0 Å². The van der Waals surface area contributed by atoms with Gasteiger partial charge in [0.1, 0.15) is 5.54 Å². The minimum absolute atomic E-state index is 0.207. The Balaban J connectivity index is 1.89. The fraction of sp³-hybridized carbons (Fsp3) is 0.400. The van der Waals surface area contributed by atoms with Crippen LogP contribution in [0.25, 0.3) is 0 Å². The van der Waals surface area contributed by atoms with E-state index in [1.165, 1.54) is 18.2 Å². The summed E-state index contributed by atoms with van der Waals surface area (Å²) in [4.78, 5) is 23.7. The van der Waals surface area contributed by atoms with Crippen LogP contribution in [0.1, 0.15) is 36.0 Å². The Kier molecular flexibility index (Phi) is 5.28. The summed E-state index contributed by atoms with van der Waals surface area (Å²) in [6.07, 6.45) is 3.04. The van der Waals surface area contributed by atoms with Crippen LogP contribution in [0.2, 0.25) is 10.0 Å². The van der Waals surface area contributed by atoms with Gasteiger partial charge in [-0.25, -0.2) is 4.79 Å². The molecule has 1 amide bonds. The lowest BCUT2D eigenvalue weighted by Crippen LogP contribution is -2.46. The molecule has 1 fully saturated rings. The average molecular weight is 341 g/mol. The van der Waals surface area contributed by atoms with E-state index >= 15 is 0 Å². The molecule has 1 aromatic rings. The molecule has 0 radical (unpaired) electrons. The first-order chi connectivity index (χ1) is 10.5. The lowest BCUT2D eigenvalue weighted by molar-refractivity contribution is -0.125. The van der Waals surface area contributed by atoms with Crippen LogP contribution in [0, 0.1) is 11.3 Å². The molecule has 1 N–H and O–H groups in total. The zero-order chi connectivity index (χ0) is 16.2. The predicted octanol–water partition coefficient (Wildman–Crippen LogP) is 3.10. The van der Waals surface area contributed by atoms with Crippen LogP contribution in [0.4, 0.5) is 0 Å². The minimum atomic E-state index is -0.826. The highest BCUT2D eigenvalue weighted by Crippen LogP contribution is 2.28. The minimum Gasteiger partial charge on any atom is -0.452 e. The number of ether oxygens (including phenoxy) is 1. The number of nitrogens with one attached hydrogen (secondary N) is 1. The second-order valence-electron chi connectivity index (χ2n) is 5.15. The quantitative estimate of drug-likeness (QED) is 0.854. The average Bonchev–Trinajstić information content (AvgIpc) is 2.96. The molecule has 0 aliphatic heterocycles. The third-order valence-electron chi connectivity index (χ3n) is 3.54. The Morgan fingerprint density at radius 1 is 1.27 bits per heavy atom. The van der Waals surface area contributed by atoms with Crippen LogP contribution in [-0.2, 0) is 9.53 Å². The summed E-state index contributed by atoms with van der Waals surface area (Å²) in [6.45, 7) is -0.442. The molecule has 0 saturated heterocycles. The second-order valence-corrected chi connectivity index (χ2v) is 5.97. The molecule has 5 nitrogen and oxygen atoms in total. The largest absolute Gasteiger partial charge is 0.452 e. The number of hydrogen-bond donors (Lipinski definition) is 1. The molecule has 0 spiro atoms. The molecule has 1 aliphatic carbocycles. The van der Waals surface area contributed by atoms with Crippen LogP contribution < -0.4 is 5.32 Å². The molecule has 7 heteroatoms. The fourth-order valence-electron chi connectivity index (χ4n) is 2.38. The number of benzene rings is 1. The first-order valence-corrected chi connectivity index (χ1v) is 7.56. The van der Waals surface area contributed by atoms with E-state index in [0.29, 0.717) is 17.9 Å². The standard InChI is InChI=1S/C15H14Cl2N2O3/c16-11-4-3-10(7-12(11)17)14(21)22-8-13(20)19-15(9-18)5-1-2-6-15/h3-4,7H,1-2,5-6,8H2,(H,19,20). The van der Waals surface area contributed by atoms with E-state index in [1.54, 1.807) is 0 Å². The summed E-state index contributed by atoms with van der Waals surface area (Å²) in [5.41, 5.74) is -0.620. The Labute approximate surface area is 138 Å². The van der Waals surface area contributed by atoms with Gasteiger partial charge in [0.15, 0.2) is 6.61 Å². The molecule has 0 atom stereocenters. The van der Waals surface area contributed by atoms with E-state index in [9.17, 15) is 14.9 Å². The SMILES string of the molecule is N#CC1(NC(=O)COC(=O)c2ccc(Cl)c(Cl)c2)CCCC1. The van der Waals surface area contributed by atoms with Crippen molar-refractivity contribution in [1.29, 1.82) is 5.26 Å². The maximum absolute atomic E-state index is 11.8. The lowest BCUT2D eigenvalue weighted by atomic mass is 10.00. The highest BCUT2D eigenvalue weighted by Gasteiger charge is 2.35. The van der Waals surface area contributed by atoms with Crippen molar-refractivity contribution in [2.24, 2.45) is 0 Å². The van der Waals surface area contributed by atoms with Crippen molar-refractivity contribution in [2.75, 3.05) is 6.61 Å². The van der Waals surface area contributed by atoms with Crippen molar-refractivity contribution in [1.82, 2.24) is 5.32 Å². The lowest BCUT2D eigenvalue weighted by Gasteiger charge is -2.21. The van der Waals surface area contributed by atoms with Crippen LogP contribution in [0.15, 0.2) is 18.2 Å². The van der Waals surface area contributed by atoms with Crippen molar-refractivity contribution in [3.05, 3.63) is 33.8 Å². The van der Waals surface area contributed by atoms with Gasteiger partial charge < -0.3 is 10.1 Å². The molecular formula is C15H14Cl2N2O3. The first kappa shape index (κ1) is 16.6. The van der Waals surface area contributed by atoms with Crippen molar-refractivity contribution >= 4 is 35.1 Å². The summed E-state index contributed by atoms with van der Waals surface area (Å²) >= 11 is 11.6. The third-order valence-corrected chi connectivity index (χ3v) is 4.28. The van der Waals surface area contributed by atoms with Crippen LogP contribution in [0.3, 0.4) is 0 Å². The summed E-state index contributed by atoms with van der Waals surface area (Å²) in [5, 5.41) is 12.4. The second kappa shape index (κ2) is 6.99. The highest BCUT2D eigenvalue weighted by molar-refractivity contribution is 6.42. The molecule has 22 heavy (non-hydrogen) atoms. The van der Waals surface area contributed by atoms with E-state index in [-0.39, 0.29) is 10.6 Å². The first-order valence-electron chi connectivity index (χ1n) is 6.80. The van der Waals surface area contributed by atoms with Gasteiger partial charge >= 0.3 is 5.97 Å². The highest BCUT2D eigenvalue weighted by atomic mass is 35.5. The van der Waals surface area contributed by atoms with Gasteiger partial charge in [0.25, 0.3) is 5.91 Å². The van der Waals surface area contributed by atoms with E-state index in [0.717, 1.165) is 12.8 Å². The predicted molar refractivity (Wildman–Crippen MR) is 81.7 cm³/mol. The molecule has 116 valence electrons. The number of carbonyl (C=O) groups is 2. The van der Waals surface area contributed by atoms with Gasteiger partial charge in [-0.3, -0.25) is 4.79 Å². The van der Waals surface area contributed by atoms with Gasteiger partial charge in [-0.2, -0.15) is 5.26 Å². The van der Waals surface area contributed by atoms with E-state index in [1.807, 2.05) is 0 Å². The summed E-state index contributed by atoms with van der Waals surface area (Å²) in [7, 11) is 0. The summed E-state index contributed by atoms with van der Waals surface area (Å²) in [6, 6.07) is 6.45. The topological polar surface area (TPSA) is 79.2 Å². The Hall–Kier alpha value is -1.77. The van der Waals surface area contributed by atoms with E-state index < -0.39 is 24.0 Å². The molecule has 0 bridgehead atoms. The van der Waals surface area contributed by atoms with Gasteiger partial charge in [0.05, 0.1) is 21.7 Å². The molecule has 1 saturated carbocycles. The molecule has 0 aromatic heterocycles. The monoisotopic (exact) mass is 340 g/mol. The summed E-state index contributed by atoms with van der Waals surface area (Å²) in [5.74, 6) is -1.16. The molecule has 0 heterocycles. The fourth-order valence-corrected chi connectivity index (χ4v) is 2.68.